The first kappa shape index (κ1) is 16.9. The summed E-state index contributed by atoms with van der Waals surface area (Å²) in [6.07, 6.45) is 2.51. The zero-order valence-electron chi connectivity index (χ0n) is 12.3. The highest BCUT2D eigenvalue weighted by atomic mass is 16.4. The normalized spacial score (nSPS) is 12.3. The van der Waals surface area contributed by atoms with Gasteiger partial charge in [0, 0.05) is 12.0 Å². The number of nitrogens with one attached hydrogen (secondary N) is 1. The maximum absolute atomic E-state index is 11.9. The number of aliphatic carboxylic acids is 1. The van der Waals surface area contributed by atoms with Crippen LogP contribution in [0.1, 0.15) is 66.7 Å². The van der Waals surface area contributed by atoms with Crippen molar-refractivity contribution in [3.05, 3.63) is 0 Å². The van der Waals surface area contributed by atoms with Crippen LogP contribution in [0, 0.1) is 5.41 Å². The first-order valence-corrected chi connectivity index (χ1v) is 6.67. The summed E-state index contributed by atoms with van der Waals surface area (Å²) >= 11 is 0. The highest BCUT2D eigenvalue weighted by Crippen LogP contribution is 2.23. The molecule has 4 heteroatoms. The Hall–Kier alpha value is -1.06. The van der Waals surface area contributed by atoms with Crippen LogP contribution >= 0.6 is 0 Å². The van der Waals surface area contributed by atoms with Gasteiger partial charge in [0.05, 0.1) is 6.42 Å². The smallest absolute Gasteiger partial charge is 0.305 e. The fourth-order valence-electron chi connectivity index (χ4n) is 1.86. The number of amides is 1. The van der Waals surface area contributed by atoms with Crippen molar-refractivity contribution in [3.8, 4) is 0 Å². The minimum Gasteiger partial charge on any atom is -0.481 e. The predicted molar refractivity (Wildman–Crippen MR) is 72.4 cm³/mol. The minimum absolute atomic E-state index is 0.0126. The van der Waals surface area contributed by atoms with E-state index >= 15 is 0 Å². The topological polar surface area (TPSA) is 66.4 Å². The van der Waals surface area contributed by atoms with Crippen molar-refractivity contribution in [1.82, 2.24) is 5.32 Å². The van der Waals surface area contributed by atoms with Gasteiger partial charge in [0.2, 0.25) is 5.91 Å². The third-order valence-electron chi connectivity index (χ3n) is 3.35. The van der Waals surface area contributed by atoms with Crippen molar-refractivity contribution < 1.29 is 14.7 Å². The molecule has 0 aromatic heterocycles. The Labute approximate surface area is 110 Å². The molecule has 1 amide bonds. The third kappa shape index (κ3) is 6.62. The fourth-order valence-corrected chi connectivity index (χ4v) is 1.86. The number of hydrogen-bond donors (Lipinski definition) is 2. The molecular weight excluding hydrogens is 230 g/mol. The zero-order chi connectivity index (χ0) is 14.4. The Morgan fingerprint density at radius 2 is 1.61 bits per heavy atom. The van der Waals surface area contributed by atoms with E-state index in [4.69, 9.17) is 5.11 Å². The van der Waals surface area contributed by atoms with Crippen molar-refractivity contribution in [2.75, 3.05) is 0 Å². The molecule has 0 atom stereocenters. The summed E-state index contributed by atoms with van der Waals surface area (Å²) in [5.74, 6) is -0.912. The molecule has 18 heavy (non-hydrogen) atoms. The average molecular weight is 257 g/mol. The van der Waals surface area contributed by atoms with E-state index in [1.165, 1.54) is 0 Å². The summed E-state index contributed by atoms with van der Waals surface area (Å²) in [7, 11) is 0. The van der Waals surface area contributed by atoms with Crippen molar-refractivity contribution in [3.63, 3.8) is 0 Å². The summed E-state index contributed by atoms with van der Waals surface area (Å²) in [6.45, 7) is 10.1. The molecule has 0 radical (unpaired) electrons. The lowest BCUT2D eigenvalue weighted by Crippen LogP contribution is -2.49. The lowest BCUT2D eigenvalue weighted by molar-refractivity contribution is -0.139. The summed E-state index contributed by atoms with van der Waals surface area (Å²) in [5.41, 5.74) is -0.480. The number of carbonyl (C=O) groups excluding carboxylic acids is 1. The summed E-state index contributed by atoms with van der Waals surface area (Å²) < 4.78 is 0. The van der Waals surface area contributed by atoms with Gasteiger partial charge in [0.25, 0.3) is 0 Å². The first-order chi connectivity index (χ1) is 8.14. The summed E-state index contributed by atoms with van der Waals surface area (Å²) in [5, 5.41) is 11.8. The second kappa shape index (κ2) is 6.76. The Morgan fingerprint density at radius 3 is 1.94 bits per heavy atom. The number of rotatable bonds is 7. The van der Waals surface area contributed by atoms with E-state index in [0.717, 1.165) is 6.42 Å². The van der Waals surface area contributed by atoms with Gasteiger partial charge >= 0.3 is 5.97 Å². The van der Waals surface area contributed by atoms with Crippen molar-refractivity contribution in [1.29, 1.82) is 0 Å². The Bertz CT molecular complexity index is 288. The molecule has 0 unspecified atom stereocenters. The predicted octanol–water partition coefficient (Wildman–Crippen LogP) is 2.96. The van der Waals surface area contributed by atoms with Crippen LogP contribution in [0.5, 0.6) is 0 Å². The molecule has 0 bridgehead atoms. The van der Waals surface area contributed by atoms with Crippen LogP contribution in [-0.4, -0.2) is 22.5 Å². The quantitative estimate of drug-likeness (QED) is 0.737. The Morgan fingerprint density at radius 1 is 1.11 bits per heavy atom. The van der Waals surface area contributed by atoms with Crippen LogP contribution in [0.4, 0.5) is 0 Å². The van der Waals surface area contributed by atoms with E-state index < -0.39 is 11.5 Å². The molecule has 0 saturated heterocycles. The van der Waals surface area contributed by atoms with Crippen LogP contribution in [0.3, 0.4) is 0 Å². The van der Waals surface area contributed by atoms with E-state index in [1.807, 2.05) is 13.8 Å². The van der Waals surface area contributed by atoms with E-state index in [2.05, 4.69) is 26.1 Å². The fraction of sp³-hybridized carbons (Fsp3) is 0.857. The van der Waals surface area contributed by atoms with Crippen molar-refractivity contribution >= 4 is 11.9 Å². The van der Waals surface area contributed by atoms with Gasteiger partial charge in [-0.3, -0.25) is 9.59 Å². The van der Waals surface area contributed by atoms with Gasteiger partial charge in [0.15, 0.2) is 0 Å². The summed E-state index contributed by atoms with van der Waals surface area (Å²) in [6, 6.07) is 0. The third-order valence-corrected chi connectivity index (χ3v) is 3.35. The van der Waals surface area contributed by atoms with Gasteiger partial charge in [-0.15, -0.1) is 0 Å². The number of carbonyl (C=O) groups is 2. The lowest BCUT2D eigenvalue weighted by atomic mass is 9.87. The molecule has 0 aliphatic carbocycles. The zero-order valence-corrected chi connectivity index (χ0v) is 12.3. The molecule has 0 aliphatic rings. The van der Waals surface area contributed by atoms with Crippen LogP contribution in [-0.2, 0) is 9.59 Å². The van der Waals surface area contributed by atoms with E-state index in [0.29, 0.717) is 19.3 Å². The summed E-state index contributed by atoms with van der Waals surface area (Å²) in [4.78, 5) is 22.8. The van der Waals surface area contributed by atoms with Gasteiger partial charge in [0.1, 0.15) is 0 Å². The lowest BCUT2D eigenvalue weighted by Gasteiger charge is -2.32. The maximum Gasteiger partial charge on any atom is 0.305 e. The van der Waals surface area contributed by atoms with Gasteiger partial charge in [-0.05, 0) is 24.7 Å². The first-order valence-electron chi connectivity index (χ1n) is 6.67. The van der Waals surface area contributed by atoms with E-state index in [9.17, 15) is 9.59 Å². The molecule has 0 rings (SSSR count). The SMILES string of the molecule is CCC(CC)(CC(=O)O)NC(=O)CCC(C)(C)C. The second-order valence-corrected chi connectivity index (χ2v) is 6.17. The number of carboxylic acids is 1. The molecule has 0 aromatic rings. The molecule has 4 nitrogen and oxygen atoms in total. The van der Waals surface area contributed by atoms with E-state index in [-0.39, 0.29) is 17.7 Å². The maximum atomic E-state index is 11.9. The highest BCUT2D eigenvalue weighted by Gasteiger charge is 2.31. The van der Waals surface area contributed by atoms with Gasteiger partial charge in [-0.2, -0.15) is 0 Å². The van der Waals surface area contributed by atoms with Gasteiger partial charge in [-0.1, -0.05) is 34.6 Å². The number of hydrogen-bond acceptors (Lipinski definition) is 2. The average Bonchev–Trinajstić information content (AvgIpc) is 2.24. The molecule has 0 heterocycles. The van der Waals surface area contributed by atoms with Crippen LogP contribution < -0.4 is 5.32 Å². The van der Waals surface area contributed by atoms with Crippen LogP contribution in [0.25, 0.3) is 0 Å². The molecular formula is C14H27NO3. The second-order valence-electron chi connectivity index (χ2n) is 6.17. The highest BCUT2D eigenvalue weighted by molar-refractivity contribution is 5.78. The van der Waals surface area contributed by atoms with Crippen molar-refractivity contribution in [2.45, 2.75) is 72.3 Å². The molecule has 0 saturated carbocycles. The molecule has 0 aliphatic heterocycles. The molecule has 0 fully saturated rings. The van der Waals surface area contributed by atoms with Crippen LogP contribution in [0.2, 0.25) is 0 Å². The Kier molecular flexibility index (Phi) is 6.36. The number of carboxylic acid groups (broad SMARTS) is 1. The molecule has 0 spiro atoms. The van der Waals surface area contributed by atoms with E-state index in [1.54, 1.807) is 0 Å². The van der Waals surface area contributed by atoms with Crippen molar-refractivity contribution in [2.24, 2.45) is 5.41 Å². The molecule has 2 N–H and O–H groups in total. The minimum atomic E-state index is -0.866. The molecule has 0 aromatic carbocycles. The Balaban J connectivity index is 4.49. The van der Waals surface area contributed by atoms with Crippen LogP contribution in [0.15, 0.2) is 0 Å². The largest absolute Gasteiger partial charge is 0.481 e. The van der Waals surface area contributed by atoms with Gasteiger partial charge in [-0.25, -0.2) is 0 Å². The standard InChI is InChI=1S/C14H27NO3/c1-6-14(7-2,10-12(17)18)15-11(16)8-9-13(3,4)5/h6-10H2,1-5H3,(H,15,16)(H,17,18). The molecule has 106 valence electrons. The van der Waals surface area contributed by atoms with Gasteiger partial charge < -0.3 is 10.4 Å². The monoisotopic (exact) mass is 257 g/mol.